The zero-order valence-electron chi connectivity index (χ0n) is 10.2. The lowest BCUT2D eigenvalue weighted by Gasteiger charge is -2.10. The molecule has 1 aromatic carbocycles. The second-order valence-electron chi connectivity index (χ2n) is 4.04. The summed E-state index contributed by atoms with van der Waals surface area (Å²) in [6.07, 6.45) is 0. The Morgan fingerprint density at radius 1 is 1.22 bits per heavy atom. The van der Waals surface area contributed by atoms with Crippen LogP contribution in [0.5, 0.6) is 0 Å². The number of aryl methyl sites for hydroxylation is 2. The molecule has 0 radical (unpaired) electrons. The van der Waals surface area contributed by atoms with Gasteiger partial charge in [-0.25, -0.2) is 4.98 Å². The van der Waals surface area contributed by atoms with Gasteiger partial charge in [0.1, 0.15) is 11.9 Å². The lowest BCUT2D eigenvalue weighted by molar-refractivity contribution is 1.18. The number of hydrogen-bond donors (Lipinski definition) is 1. The van der Waals surface area contributed by atoms with Gasteiger partial charge in [-0.2, -0.15) is 5.26 Å². The van der Waals surface area contributed by atoms with Gasteiger partial charge < -0.3 is 5.32 Å². The van der Waals surface area contributed by atoms with Gasteiger partial charge >= 0.3 is 0 Å². The molecule has 2 aromatic rings. The van der Waals surface area contributed by atoms with E-state index in [4.69, 9.17) is 5.26 Å². The van der Waals surface area contributed by atoms with Gasteiger partial charge in [0.25, 0.3) is 0 Å². The van der Waals surface area contributed by atoms with Gasteiger partial charge in [0, 0.05) is 15.9 Å². The van der Waals surface area contributed by atoms with Crippen molar-refractivity contribution in [1.29, 1.82) is 5.26 Å². The molecule has 0 unspecified atom stereocenters. The molecule has 0 saturated carbocycles. The Labute approximate surface area is 115 Å². The lowest BCUT2D eigenvalue weighted by Crippen LogP contribution is -1.99. The predicted molar refractivity (Wildman–Crippen MR) is 75.9 cm³/mol. The summed E-state index contributed by atoms with van der Waals surface area (Å²) in [4.78, 5) is 4.36. The van der Waals surface area contributed by atoms with Crippen LogP contribution in [0.1, 0.15) is 16.8 Å². The van der Waals surface area contributed by atoms with E-state index in [0.717, 1.165) is 21.4 Å². The third-order valence-corrected chi connectivity index (χ3v) is 3.09. The summed E-state index contributed by atoms with van der Waals surface area (Å²) < 4.78 is 1.03. The highest BCUT2D eigenvalue weighted by atomic mass is 79.9. The maximum atomic E-state index is 9.06. The molecule has 0 spiro atoms. The highest BCUT2D eigenvalue weighted by Crippen LogP contribution is 2.24. The normalized spacial score (nSPS) is 9.89. The molecule has 1 aromatic heterocycles. The highest BCUT2D eigenvalue weighted by molar-refractivity contribution is 9.10. The van der Waals surface area contributed by atoms with Crippen molar-refractivity contribution >= 4 is 27.4 Å². The lowest BCUT2D eigenvalue weighted by atomic mass is 10.2. The summed E-state index contributed by atoms with van der Waals surface area (Å²) in [5, 5.41) is 12.3. The van der Waals surface area contributed by atoms with Crippen LogP contribution in [0.3, 0.4) is 0 Å². The zero-order valence-corrected chi connectivity index (χ0v) is 11.7. The Hall–Kier alpha value is -1.86. The van der Waals surface area contributed by atoms with Crippen LogP contribution in [0.15, 0.2) is 34.8 Å². The molecular formula is C14H12BrN3. The molecule has 0 amide bonds. The topological polar surface area (TPSA) is 48.7 Å². The van der Waals surface area contributed by atoms with E-state index in [1.807, 2.05) is 38.1 Å². The number of hydrogen-bond acceptors (Lipinski definition) is 3. The van der Waals surface area contributed by atoms with Gasteiger partial charge in [-0.3, -0.25) is 0 Å². The van der Waals surface area contributed by atoms with Crippen molar-refractivity contribution in [2.24, 2.45) is 0 Å². The molecule has 0 atom stereocenters. The molecule has 3 nitrogen and oxygen atoms in total. The van der Waals surface area contributed by atoms with E-state index in [1.165, 1.54) is 0 Å². The fourth-order valence-electron chi connectivity index (χ4n) is 1.64. The first-order chi connectivity index (χ1) is 8.60. The average Bonchev–Trinajstić information content (AvgIpc) is 2.33. The summed E-state index contributed by atoms with van der Waals surface area (Å²) in [5.41, 5.74) is 3.47. The fraction of sp³-hybridized carbons (Fsp3) is 0.143. The van der Waals surface area contributed by atoms with Crippen molar-refractivity contribution in [1.82, 2.24) is 4.98 Å². The van der Waals surface area contributed by atoms with Crippen LogP contribution < -0.4 is 5.32 Å². The Balaban J connectivity index is 2.40. The summed E-state index contributed by atoms with van der Waals surface area (Å²) >= 11 is 3.43. The maximum Gasteiger partial charge on any atom is 0.148 e. The number of pyridine rings is 1. The summed E-state index contributed by atoms with van der Waals surface area (Å²) in [6.45, 7) is 3.91. The molecule has 0 fully saturated rings. The van der Waals surface area contributed by atoms with Crippen LogP contribution in [0.4, 0.5) is 11.5 Å². The van der Waals surface area contributed by atoms with E-state index in [2.05, 4.69) is 32.3 Å². The van der Waals surface area contributed by atoms with Gasteiger partial charge in [0.2, 0.25) is 0 Å². The first-order valence-corrected chi connectivity index (χ1v) is 6.30. The van der Waals surface area contributed by atoms with Crippen molar-refractivity contribution in [3.8, 4) is 6.07 Å². The third kappa shape index (κ3) is 2.69. The van der Waals surface area contributed by atoms with Crippen LogP contribution in [0, 0.1) is 25.2 Å². The van der Waals surface area contributed by atoms with E-state index in [9.17, 15) is 0 Å². The molecule has 0 aliphatic heterocycles. The Bertz CT molecular complexity index is 629. The zero-order chi connectivity index (χ0) is 13.1. The van der Waals surface area contributed by atoms with Gasteiger partial charge in [-0.15, -0.1) is 0 Å². The number of nitrogens with one attached hydrogen (secondary N) is 1. The molecule has 90 valence electrons. The van der Waals surface area contributed by atoms with Gasteiger partial charge in [0.05, 0.1) is 5.56 Å². The van der Waals surface area contributed by atoms with Crippen LogP contribution in [0.25, 0.3) is 0 Å². The summed E-state index contributed by atoms with van der Waals surface area (Å²) in [5.74, 6) is 0.600. The molecule has 0 aliphatic carbocycles. The second-order valence-corrected chi connectivity index (χ2v) is 4.96. The molecule has 0 aliphatic rings. The molecule has 18 heavy (non-hydrogen) atoms. The van der Waals surface area contributed by atoms with Crippen molar-refractivity contribution < 1.29 is 0 Å². The van der Waals surface area contributed by atoms with Gasteiger partial charge in [-0.1, -0.05) is 15.9 Å². The van der Waals surface area contributed by atoms with Crippen molar-refractivity contribution in [3.63, 3.8) is 0 Å². The quantitative estimate of drug-likeness (QED) is 0.909. The van der Waals surface area contributed by atoms with Crippen molar-refractivity contribution in [2.75, 3.05) is 5.32 Å². The minimum atomic E-state index is 0.544. The second kappa shape index (κ2) is 5.19. The van der Waals surface area contributed by atoms with E-state index in [-0.39, 0.29) is 0 Å². The van der Waals surface area contributed by atoms with Crippen molar-refractivity contribution in [3.05, 3.63) is 51.6 Å². The monoisotopic (exact) mass is 301 g/mol. The number of rotatable bonds is 2. The standard InChI is InChI=1S/C14H12BrN3/c1-9-7-12(15)5-6-13(9)18-14-11(8-16)4-3-10(2)17-14/h3-7H,1-2H3,(H,17,18). The summed E-state index contributed by atoms with van der Waals surface area (Å²) in [7, 11) is 0. The Morgan fingerprint density at radius 3 is 2.67 bits per heavy atom. The largest absolute Gasteiger partial charge is 0.339 e. The number of aromatic nitrogens is 1. The SMILES string of the molecule is Cc1ccc(C#N)c(Nc2ccc(Br)cc2C)n1. The maximum absolute atomic E-state index is 9.06. The molecule has 4 heteroatoms. The number of nitriles is 1. The minimum Gasteiger partial charge on any atom is -0.339 e. The molecule has 1 heterocycles. The van der Waals surface area contributed by atoms with Crippen molar-refractivity contribution in [2.45, 2.75) is 13.8 Å². The van der Waals surface area contributed by atoms with Crippen LogP contribution >= 0.6 is 15.9 Å². The first kappa shape index (κ1) is 12.6. The van der Waals surface area contributed by atoms with Gasteiger partial charge in [-0.05, 0) is 49.7 Å². The van der Waals surface area contributed by atoms with E-state index in [0.29, 0.717) is 11.4 Å². The van der Waals surface area contributed by atoms with Gasteiger partial charge in [0.15, 0.2) is 0 Å². The molecule has 0 bridgehead atoms. The fourth-order valence-corrected chi connectivity index (χ4v) is 2.11. The Kier molecular flexibility index (Phi) is 3.63. The molecule has 2 rings (SSSR count). The summed E-state index contributed by atoms with van der Waals surface area (Å²) in [6, 6.07) is 11.7. The number of nitrogens with zero attached hydrogens (tertiary/aromatic N) is 2. The average molecular weight is 302 g/mol. The number of halogens is 1. The highest BCUT2D eigenvalue weighted by Gasteiger charge is 2.06. The van der Waals surface area contributed by atoms with E-state index in [1.54, 1.807) is 6.07 Å². The smallest absolute Gasteiger partial charge is 0.148 e. The number of benzene rings is 1. The molecule has 1 N–H and O–H groups in total. The van der Waals surface area contributed by atoms with E-state index >= 15 is 0 Å². The molecule has 0 saturated heterocycles. The van der Waals surface area contributed by atoms with E-state index < -0.39 is 0 Å². The van der Waals surface area contributed by atoms with Crippen LogP contribution in [-0.2, 0) is 0 Å². The number of anilines is 2. The van der Waals surface area contributed by atoms with Crippen LogP contribution in [0.2, 0.25) is 0 Å². The predicted octanol–water partition coefficient (Wildman–Crippen LogP) is 4.08. The Morgan fingerprint density at radius 2 is 2.00 bits per heavy atom. The van der Waals surface area contributed by atoms with Crippen LogP contribution in [-0.4, -0.2) is 4.98 Å². The first-order valence-electron chi connectivity index (χ1n) is 5.51. The third-order valence-electron chi connectivity index (χ3n) is 2.60. The minimum absolute atomic E-state index is 0.544. The molecular weight excluding hydrogens is 290 g/mol.